The molecule has 0 aliphatic carbocycles. The van der Waals surface area contributed by atoms with Crippen LogP contribution in [-0.4, -0.2) is 45.6 Å². The molecule has 0 amide bonds. The highest BCUT2D eigenvalue weighted by Gasteiger charge is 2.43. The number of hydrogen-bond donors (Lipinski definition) is 0. The molecule has 1 saturated heterocycles. The number of methoxy groups -OCH3 is 1. The lowest BCUT2D eigenvalue weighted by Gasteiger charge is -2.18. The van der Waals surface area contributed by atoms with Crippen molar-refractivity contribution in [1.29, 1.82) is 0 Å². The fourth-order valence-electron chi connectivity index (χ4n) is 1.93. The first-order valence-corrected chi connectivity index (χ1v) is 7.18. The van der Waals surface area contributed by atoms with Crippen molar-refractivity contribution in [1.82, 2.24) is 0 Å². The smallest absolute Gasteiger partial charge is 0.320 e. The molecule has 0 N–H and O–H groups in total. The number of sulfone groups is 1. The minimum absolute atomic E-state index is 0.00453. The predicted molar refractivity (Wildman–Crippen MR) is 58.9 cm³/mol. The van der Waals surface area contributed by atoms with Crippen LogP contribution in [0.2, 0.25) is 0 Å². The van der Waals surface area contributed by atoms with Crippen LogP contribution < -0.4 is 0 Å². The van der Waals surface area contributed by atoms with Crippen LogP contribution in [0.4, 0.5) is 0 Å². The van der Waals surface area contributed by atoms with Crippen molar-refractivity contribution in [3.05, 3.63) is 0 Å². The van der Waals surface area contributed by atoms with Gasteiger partial charge in [0.05, 0.1) is 25.2 Å². The monoisotopic (exact) mass is 264 g/mol. The average Bonchev–Trinajstić information content (AvgIpc) is 2.59. The molecule has 1 aliphatic rings. The van der Waals surface area contributed by atoms with Crippen molar-refractivity contribution in [2.24, 2.45) is 11.8 Å². The van der Waals surface area contributed by atoms with Gasteiger partial charge in [0.25, 0.3) is 0 Å². The van der Waals surface area contributed by atoms with Gasteiger partial charge in [0.15, 0.2) is 15.8 Å². The van der Waals surface area contributed by atoms with Gasteiger partial charge in [-0.3, -0.25) is 9.59 Å². The summed E-state index contributed by atoms with van der Waals surface area (Å²) in [6.45, 7) is 1.77. The predicted octanol–water partition coefficient (Wildman–Crippen LogP) is -0.227. The second-order valence-corrected chi connectivity index (χ2v) is 6.14. The van der Waals surface area contributed by atoms with Gasteiger partial charge in [-0.25, -0.2) is 8.42 Å². The van der Waals surface area contributed by atoms with Gasteiger partial charge >= 0.3 is 11.9 Å². The van der Waals surface area contributed by atoms with E-state index < -0.39 is 33.6 Å². The van der Waals surface area contributed by atoms with Gasteiger partial charge in [-0.05, 0) is 19.3 Å². The highest BCUT2D eigenvalue weighted by atomic mass is 32.2. The van der Waals surface area contributed by atoms with Crippen molar-refractivity contribution in [3.8, 4) is 0 Å². The lowest BCUT2D eigenvalue weighted by molar-refractivity contribution is -0.162. The molecule has 6 nitrogen and oxygen atoms in total. The highest BCUT2D eigenvalue weighted by Crippen LogP contribution is 2.27. The molecule has 17 heavy (non-hydrogen) atoms. The van der Waals surface area contributed by atoms with Gasteiger partial charge in [0, 0.05) is 0 Å². The summed E-state index contributed by atoms with van der Waals surface area (Å²) in [6.07, 6.45) is 0.293. The Morgan fingerprint density at radius 1 is 1.35 bits per heavy atom. The summed E-state index contributed by atoms with van der Waals surface area (Å²) in [4.78, 5) is 23.1. The molecule has 2 atom stereocenters. The Labute approximate surface area is 100 Å². The van der Waals surface area contributed by atoms with E-state index in [4.69, 9.17) is 4.74 Å². The van der Waals surface area contributed by atoms with E-state index in [2.05, 4.69) is 4.74 Å². The fourth-order valence-corrected chi connectivity index (χ4v) is 3.77. The van der Waals surface area contributed by atoms with Crippen LogP contribution in [0.5, 0.6) is 0 Å². The van der Waals surface area contributed by atoms with E-state index in [0.29, 0.717) is 6.42 Å². The Morgan fingerprint density at radius 3 is 2.41 bits per heavy atom. The summed E-state index contributed by atoms with van der Waals surface area (Å²) >= 11 is 0. The second-order valence-electron chi connectivity index (χ2n) is 3.92. The van der Waals surface area contributed by atoms with E-state index in [1.165, 1.54) is 0 Å². The van der Waals surface area contributed by atoms with Crippen LogP contribution in [0.3, 0.4) is 0 Å². The zero-order valence-electron chi connectivity index (χ0n) is 9.84. The van der Waals surface area contributed by atoms with E-state index in [1.54, 1.807) is 6.92 Å². The Morgan fingerprint density at radius 2 is 2.00 bits per heavy atom. The molecule has 1 fully saturated rings. The van der Waals surface area contributed by atoms with Gasteiger partial charge in [0.2, 0.25) is 0 Å². The minimum Gasteiger partial charge on any atom is -0.468 e. The van der Waals surface area contributed by atoms with Gasteiger partial charge in [-0.2, -0.15) is 0 Å². The fraction of sp³-hybridized carbons (Fsp3) is 0.800. The molecular weight excluding hydrogens is 248 g/mol. The van der Waals surface area contributed by atoms with Crippen molar-refractivity contribution >= 4 is 21.8 Å². The van der Waals surface area contributed by atoms with Crippen LogP contribution in [0.25, 0.3) is 0 Å². The summed E-state index contributed by atoms with van der Waals surface area (Å²) in [5, 5.41) is 0. The number of esters is 2. The third kappa shape index (κ3) is 3.42. The first-order chi connectivity index (χ1) is 7.91. The summed E-state index contributed by atoms with van der Waals surface area (Å²) in [7, 11) is -1.98. The maximum Gasteiger partial charge on any atom is 0.320 e. The van der Waals surface area contributed by atoms with Crippen LogP contribution in [0.15, 0.2) is 0 Å². The molecule has 0 unspecified atom stereocenters. The molecule has 0 bridgehead atoms. The molecule has 0 aromatic carbocycles. The van der Waals surface area contributed by atoms with E-state index in [-0.39, 0.29) is 18.1 Å². The van der Waals surface area contributed by atoms with E-state index in [1.807, 2.05) is 0 Å². The van der Waals surface area contributed by atoms with Crippen LogP contribution >= 0.6 is 0 Å². The minimum atomic E-state index is -3.15. The highest BCUT2D eigenvalue weighted by molar-refractivity contribution is 7.91. The summed E-state index contributed by atoms with van der Waals surface area (Å²) in [6, 6.07) is 0. The zero-order chi connectivity index (χ0) is 13.1. The van der Waals surface area contributed by atoms with E-state index in [0.717, 1.165) is 7.11 Å². The summed E-state index contributed by atoms with van der Waals surface area (Å²) in [5.41, 5.74) is 0. The molecule has 98 valence electrons. The normalized spacial score (nSPS) is 24.0. The average molecular weight is 264 g/mol. The summed E-state index contributed by atoms with van der Waals surface area (Å²) < 4.78 is 32.0. The number of carbonyl (C=O) groups is 2. The van der Waals surface area contributed by atoms with Crippen LogP contribution in [0, 0.1) is 11.8 Å². The maximum atomic E-state index is 11.6. The lowest BCUT2D eigenvalue weighted by atomic mass is 9.92. The molecule has 1 aliphatic heterocycles. The Balaban J connectivity index is 2.84. The standard InChI is InChI=1S/C10H16O6S/c1-3-16-10(12)8(9(11)15-2)7-4-5-17(13,14)6-7/h7-8H,3-6H2,1-2H3/t7-,8-/m1/s1. The molecule has 0 aromatic rings. The lowest BCUT2D eigenvalue weighted by Crippen LogP contribution is -2.34. The molecule has 0 saturated carbocycles. The quantitative estimate of drug-likeness (QED) is 0.515. The van der Waals surface area contributed by atoms with Gasteiger partial charge in [0.1, 0.15) is 0 Å². The van der Waals surface area contributed by atoms with Crippen LogP contribution in [0.1, 0.15) is 13.3 Å². The van der Waals surface area contributed by atoms with Crippen molar-refractivity contribution in [2.75, 3.05) is 25.2 Å². The van der Waals surface area contributed by atoms with Crippen molar-refractivity contribution in [2.45, 2.75) is 13.3 Å². The molecule has 1 rings (SSSR count). The molecule has 7 heteroatoms. The van der Waals surface area contributed by atoms with E-state index >= 15 is 0 Å². The number of hydrogen-bond acceptors (Lipinski definition) is 6. The molecular formula is C10H16O6S. The Hall–Kier alpha value is -1.11. The topological polar surface area (TPSA) is 86.7 Å². The zero-order valence-corrected chi connectivity index (χ0v) is 10.7. The second kappa shape index (κ2) is 5.48. The molecule has 0 aromatic heterocycles. The first-order valence-electron chi connectivity index (χ1n) is 5.36. The van der Waals surface area contributed by atoms with Crippen molar-refractivity contribution in [3.63, 3.8) is 0 Å². The Bertz CT molecular complexity index is 399. The summed E-state index contributed by atoms with van der Waals surface area (Å²) in [5.74, 6) is -3.26. The van der Waals surface area contributed by atoms with Crippen molar-refractivity contribution < 1.29 is 27.5 Å². The third-order valence-electron chi connectivity index (χ3n) is 2.73. The van der Waals surface area contributed by atoms with Gasteiger partial charge < -0.3 is 9.47 Å². The number of carbonyl (C=O) groups excluding carboxylic acids is 2. The Kier molecular flexibility index (Phi) is 4.50. The van der Waals surface area contributed by atoms with E-state index in [9.17, 15) is 18.0 Å². The third-order valence-corrected chi connectivity index (χ3v) is 4.53. The maximum absolute atomic E-state index is 11.6. The largest absolute Gasteiger partial charge is 0.468 e. The number of ether oxygens (including phenoxy) is 2. The SMILES string of the molecule is CCOC(=O)[C@@H](C(=O)OC)[C@@H]1CCS(=O)(=O)C1. The molecule has 1 heterocycles. The van der Waals surface area contributed by atoms with Crippen LogP contribution in [-0.2, 0) is 28.9 Å². The van der Waals surface area contributed by atoms with Gasteiger partial charge in [-0.1, -0.05) is 0 Å². The number of rotatable bonds is 4. The van der Waals surface area contributed by atoms with Gasteiger partial charge in [-0.15, -0.1) is 0 Å². The molecule has 0 spiro atoms. The first kappa shape index (κ1) is 14.0. The molecule has 0 radical (unpaired) electrons.